The zero-order valence-electron chi connectivity index (χ0n) is 27.0. The van der Waals surface area contributed by atoms with Gasteiger partial charge in [-0.1, -0.05) is 221 Å². The molecule has 0 aromatic heterocycles. The van der Waals surface area contributed by atoms with E-state index in [4.69, 9.17) is 0 Å². The summed E-state index contributed by atoms with van der Waals surface area (Å²) < 4.78 is 0. The molecule has 0 fully saturated rings. The van der Waals surface area contributed by atoms with Crippen molar-refractivity contribution >= 4 is 66.8 Å². The molecular formula is C36H59Si6. The molecule has 0 saturated carbocycles. The van der Waals surface area contributed by atoms with Crippen molar-refractivity contribution in [2.24, 2.45) is 0 Å². The van der Waals surface area contributed by atoms with Crippen molar-refractivity contribution in [1.82, 2.24) is 0 Å². The molecule has 0 N–H and O–H groups in total. The van der Waals surface area contributed by atoms with Gasteiger partial charge in [0.25, 0.3) is 0 Å². The van der Waals surface area contributed by atoms with Crippen LogP contribution in [0.5, 0.6) is 0 Å². The van der Waals surface area contributed by atoms with E-state index in [9.17, 15) is 0 Å². The fourth-order valence-electron chi connectivity index (χ4n) is 5.40. The summed E-state index contributed by atoms with van der Waals surface area (Å²) in [5.74, 6) is 0. The normalized spacial score (nSPS) is 11.5. The summed E-state index contributed by atoms with van der Waals surface area (Å²) in [6.07, 6.45) is 17.5. The van der Waals surface area contributed by atoms with Gasteiger partial charge in [-0.25, -0.2) is 0 Å². The second-order valence-electron chi connectivity index (χ2n) is 11.6. The van der Waals surface area contributed by atoms with Crippen LogP contribution >= 0.6 is 0 Å². The van der Waals surface area contributed by atoms with Crippen LogP contribution in [0.15, 0.2) is 60.7 Å². The third-order valence-electron chi connectivity index (χ3n) is 7.96. The van der Waals surface area contributed by atoms with Crippen LogP contribution in [0.1, 0.15) is 84.0 Å². The van der Waals surface area contributed by atoms with Gasteiger partial charge in [0.2, 0.25) is 0 Å². The molecule has 0 atom stereocenters. The molecule has 0 unspecified atom stereocenters. The SMILES string of the molecule is CC[Si]CC[Si]CCCC[Si]CC[Si]CC[Si](CCCCCCCCCCCC[Si]c1ccccc1)c1ccccc1. The predicted molar refractivity (Wildman–Crippen MR) is 201 cm³/mol. The van der Waals surface area contributed by atoms with E-state index in [-0.39, 0.29) is 8.80 Å². The molecule has 0 amide bonds. The summed E-state index contributed by atoms with van der Waals surface area (Å²) in [7, 11) is 5.57. The van der Waals surface area contributed by atoms with Crippen LogP contribution in [0.25, 0.3) is 0 Å². The number of hydrogen-bond donors (Lipinski definition) is 0. The van der Waals surface area contributed by atoms with Gasteiger partial charge < -0.3 is 0 Å². The Hall–Kier alpha value is -0.259. The van der Waals surface area contributed by atoms with E-state index in [1.165, 1.54) is 187 Å². The first-order valence-electron chi connectivity index (χ1n) is 17.4. The smallest absolute Gasteiger partial charge is 0.0682 e. The summed E-state index contributed by atoms with van der Waals surface area (Å²) in [5, 5.41) is 3.24. The topological polar surface area (TPSA) is 0 Å². The molecule has 2 aromatic rings. The number of rotatable bonds is 30. The molecule has 0 heterocycles. The van der Waals surface area contributed by atoms with Crippen LogP contribution in [0, 0.1) is 0 Å². The molecule has 0 aliphatic carbocycles. The maximum absolute atomic E-state index is 2.44. The molecule has 0 bridgehead atoms. The number of hydrogen-bond acceptors (Lipinski definition) is 0. The first-order valence-corrected chi connectivity index (χ1v) is 26.2. The van der Waals surface area contributed by atoms with E-state index in [0.717, 1.165) is 9.52 Å². The van der Waals surface area contributed by atoms with Crippen molar-refractivity contribution < 1.29 is 0 Å². The monoisotopic (exact) mass is 659 g/mol. The van der Waals surface area contributed by atoms with Crippen molar-refractivity contribution in [3.8, 4) is 0 Å². The van der Waals surface area contributed by atoms with Gasteiger partial charge in [0, 0.05) is 38.1 Å². The van der Waals surface area contributed by atoms with E-state index < -0.39 is 0 Å². The van der Waals surface area contributed by atoms with Crippen LogP contribution in [-0.2, 0) is 0 Å². The van der Waals surface area contributed by atoms with Crippen LogP contribution in [-0.4, -0.2) is 56.4 Å². The molecule has 2 rings (SSSR count). The van der Waals surface area contributed by atoms with Crippen molar-refractivity contribution in [2.75, 3.05) is 0 Å². The van der Waals surface area contributed by atoms with Crippen LogP contribution < -0.4 is 10.4 Å². The summed E-state index contributed by atoms with van der Waals surface area (Å²) >= 11 is 0. The lowest BCUT2D eigenvalue weighted by molar-refractivity contribution is 0.561. The summed E-state index contributed by atoms with van der Waals surface area (Å²) in [5.41, 5.74) is 0. The molecule has 42 heavy (non-hydrogen) atoms. The first kappa shape index (κ1) is 37.9. The highest BCUT2D eigenvalue weighted by atomic mass is 28.3. The Morgan fingerprint density at radius 3 is 1.50 bits per heavy atom. The van der Waals surface area contributed by atoms with Crippen molar-refractivity contribution in [1.29, 1.82) is 0 Å². The summed E-state index contributed by atoms with van der Waals surface area (Å²) in [6.45, 7) is 2.33. The quantitative estimate of drug-likeness (QED) is 0.0579. The van der Waals surface area contributed by atoms with Gasteiger partial charge in [-0.05, 0) is 0 Å². The highest BCUT2D eigenvalue weighted by Crippen LogP contribution is 2.15. The summed E-state index contributed by atoms with van der Waals surface area (Å²) in [6, 6.07) is 39.0. The molecule has 11 radical (unpaired) electrons. The van der Waals surface area contributed by atoms with Crippen molar-refractivity contribution in [3.05, 3.63) is 60.7 Å². The van der Waals surface area contributed by atoms with Gasteiger partial charge in [-0.15, -0.1) is 0 Å². The number of benzene rings is 2. The molecule has 0 saturated heterocycles. The Bertz CT molecular complexity index is 803. The van der Waals surface area contributed by atoms with E-state index in [1.54, 1.807) is 5.19 Å². The molecule has 227 valence electrons. The van der Waals surface area contributed by atoms with Gasteiger partial charge in [-0.3, -0.25) is 0 Å². The van der Waals surface area contributed by atoms with Crippen LogP contribution in [0.3, 0.4) is 0 Å². The highest BCUT2D eigenvalue weighted by Gasteiger charge is 2.13. The van der Waals surface area contributed by atoms with Crippen molar-refractivity contribution in [3.63, 3.8) is 0 Å². The second-order valence-corrected chi connectivity index (χ2v) is 22.0. The molecule has 0 spiro atoms. The Balaban J connectivity index is 1.40. The fraction of sp³-hybridized carbons (Fsp3) is 0.667. The van der Waals surface area contributed by atoms with E-state index in [1.807, 2.05) is 0 Å². The third kappa shape index (κ3) is 22.3. The van der Waals surface area contributed by atoms with E-state index >= 15 is 0 Å². The van der Waals surface area contributed by atoms with Crippen LogP contribution in [0.2, 0.25) is 66.5 Å². The lowest BCUT2D eigenvalue weighted by Gasteiger charge is -2.15. The molecule has 0 nitrogen and oxygen atoms in total. The molecule has 2 aromatic carbocycles. The number of unbranched alkanes of at least 4 members (excludes halogenated alkanes) is 10. The maximum atomic E-state index is 2.44. The Morgan fingerprint density at radius 1 is 0.429 bits per heavy atom. The Kier molecular flexibility index (Phi) is 26.6. The minimum atomic E-state index is -0.356. The minimum Gasteiger partial charge on any atom is -0.0682 e. The molecular weight excluding hydrogens is 601 g/mol. The minimum absolute atomic E-state index is 0.356. The Morgan fingerprint density at radius 2 is 0.905 bits per heavy atom. The maximum Gasteiger partial charge on any atom is 0.0853 e. The zero-order valence-corrected chi connectivity index (χ0v) is 33.0. The van der Waals surface area contributed by atoms with Gasteiger partial charge in [0.05, 0.1) is 18.3 Å². The fourth-order valence-corrected chi connectivity index (χ4v) is 15.6. The Labute approximate surface area is 276 Å². The second kappa shape index (κ2) is 29.5. The standard InChI is InChI=1S/C36H59Si6/c1-2-37-28-29-38-25-18-19-26-39-30-31-40-32-34-42(36-23-15-12-16-24-36)33-20-10-8-6-4-3-5-7-9-17-27-41-35-21-13-11-14-22-35/h11-16,21-24H,2-10,17-20,25-34H2,1H3. The molecule has 0 aliphatic heterocycles. The van der Waals surface area contributed by atoms with Gasteiger partial charge in [0.1, 0.15) is 0 Å². The predicted octanol–water partition coefficient (Wildman–Crippen LogP) is 9.70. The van der Waals surface area contributed by atoms with E-state index in [2.05, 4.69) is 67.6 Å². The largest absolute Gasteiger partial charge is 0.0853 e. The van der Waals surface area contributed by atoms with Crippen molar-refractivity contribution in [2.45, 2.75) is 150 Å². The lowest BCUT2D eigenvalue weighted by Crippen LogP contribution is -2.29. The molecule has 0 aliphatic rings. The zero-order chi connectivity index (χ0) is 29.6. The molecule has 6 heteroatoms. The lowest BCUT2D eigenvalue weighted by atomic mass is 10.1. The first-order chi connectivity index (χ1) is 20.9. The average Bonchev–Trinajstić information content (AvgIpc) is 3.03. The third-order valence-corrected chi connectivity index (χ3v) is 18.7. The van der Waals surface area contributed by atoms with E-state index in [0.29, 0.717) is 0 Å². The van der Waals surface area contributed by atoms with Gasteiger partial charge in [-0.2, -0.15) is 0 Å². The van der Waals surface area contributed by atoms with Gasteiger partial charge in [0.15, 0.2) is 0 Å². The summed E-state index contributed by atoms with van der Waals surface area (Å²) in [4.78, 5) is 0. The average molecular weight is 660 g/mol. The van der Waals surface area contributed by atoms with Crippen LogP contribution in [0.4, 0.5) is 0 Å². The van der Waals surface area contributed by atoms with Gasteiger partial charge >= 0.3 is 0 Å². The highest BCUT2D eigenvalue weighted by molar-refractivity contribution is 6.74.